The molecular weight excluding hydrogens is 246 g/mol. The van der Waals surface area contributed by atoms with Gasteiger partial charge in [-0.05, 0) is 19.3 Å². The molecule has 6 nitrogen and oxygen atoms in total. The van der Waals surface area contributed by atoms with E-state index < -0.39 is 5.97 Å². The lowest BCUT2D eigenvalue weighted by Gasteiger charge is -2.11. The fourth-order valence-electron chi connectivity index (χ4n) is 2.00. The molecule has 0 aromatic carbocycles. The average Bonchev–Trinajstić information content (AvgIpc) is 2.86. The van der Waals surface area contributed by atoms with Gasteiger partial charge in [-0.3, -0.25) is 9.59 Å². The first-order valence-corrected chi connectivity index (χ1v) is 6.50. The Labute approximate surface area is 112 Å². The second-order valence-electron chi connectivity index (χ2n) is 4.58. The van der Waals surface area contributed by atoms with Crippen molar-refractivity contribution in [3.8, 4) is 6.07 Å². The first kappa shape index (κ1) is 15.0. The third-order valence-corrected chi connectivity index (χ3v) is 3.01. The predicted octanol–water partition coefficient (Wildman–Crippen LogP) is 0.907. The first-order valence-electron chi connectivity index (χ1n) is 6.50. The van der Waals surface area contributed by atoms with E-state index in [-0.39, 0.29) is 23.9 Å². The molecule has 1 amide bonds. The van der Waals surface area contributed by atoms with Crippen LogP contribution in [0.3, 0.4) is 0 Å². The van der Waals surface area contributed by atoms with Crippen LogP contribution in [-0.2, 0) is 9.59 Å². The van der Waals surface area contributed by atoms with E-state index in [0.29, 0.717) is 13.0 Å². The van der Waals surface area contributed by atoms with E-state index in [2.05, 4.69) is 10.6 Å². The van der Waals surface area contributed by atoms with Crippen molar-refractivity contribution in [2.45, 2.75) is 44.6 Å². The van der Waals surface area contributed by atoms with Gasteiger partial charge in [-0.15, -0.1) is 0 Å². The number of hydrogen-bond donors (Lipinski definition) is 3. The standard InChI is InChI=1S/C13H19N3O3/c14-8-10(9-15-7-3-6-12(17)18)13(19)16-11-4-1-2-5-11/h9,11,15H,1-7H2,(H,16,19)(H,17,18)/b10-9-. The van der Waals surface area contributed by atoms with Gasteiger partial charge in [0.25, 0.3) is 5.91 Å². The van der Waals surface area contributed by atoms with Crippen LogP contribution in [0.1, 0.15) is 38.5 Å². The summed E-state index contributed by atoms with van der Waals surface area (Å²) >= 11 is 0. The molecule has 0 aromatic rings. The minimum atomic E-state index is -0.856. The first-order chi connectivity index (χ1) is 9.13. The molecule has 0 radical (unpaired) electrons. The molecule has 3 N–H and O–H groups in total. The molecule has 1 rings (SSSR count). The number of aliphatic carboxylic acids is 1. The van der Waals surface area contributed by atoms with Crippen molar-refractivity contribution in [1.82, 2.24) is 10.6 Å². The van der Waals surface area contributed by atoms with Gasteiger partial charge < -0.3 is 15.7 Å². The second-order valence-corrected chi connectivity index (χ2v) is 4.58. The monoisotopic (exact) mass is 265 g/mol. The van der Waals surface area contributed by atoms with Crippen LogP contribution in [-0.4, -0.2) is 29.6 Å². The van der Waals surface area contributed by atoms with Crippen LogP contribution in [0.2, 0.25) is 0 Å². The molecule has 0 atom stereocenters. The maximum absolute atomic E-state index is 11.8. The third-order valence-electron chi connectivity index (χ3n) is 3.01. The largest absolute Gasteiger partial charge is 0.481 e. The van der Waals surface area contributed by atoms with Crippen molar-refractivity contribution >= 4 is 11.9 Å². The summed E-state index contributed by atoms with van der Waals surface area (Å²) in [5.74, 6) is -1.22. The van der Waals surface area contributed by atoms with Crippen molar-refractivity contribution in [1.29, 1.82) is 5.26 Å². The van der Waals surface area contributed by atoms with Crippen LogP contribution in [0.4, 0.5) is 0 Å². The molecule has 6 heteroatoms. The molecule has 104 valence electrons. The van der Waals surface area contributed by atoms with Crippen LogP contribution in [0.5, 0.6) is 0 Å². The van der Waals surface area contributed by atoms with Crippen LogP contribution in [0, 0.1) is 11.3 Å². The number of hydrogen-bond acceptors (Lipinski definition) is 4. The minimum absolute atomic E-state index is 0.0298. The summed E-state index contributed by atoms with van der Waals surface area (Å²) in [5.41, 5.74) is 0.0298. The second kappa shape index (κ2) is 8.14. The van der Waals surface area contributed by atoms with Crippen molar-refractivity contribution in [2.24, 2.45) is 0 Å². The molecule has 1 fully saturated rings. The van der Waals surface area contributed by atoms with Gasteiger partial charge in [0.05, 0.1) is 0 Å². The van der Waals surface area contributed by atoms with Crippen molar-refractivity contribution < 1.29 is 14.7 Å². The van der Waals surface area contributed by atoms with Gasteiger partial charge in [-0.1, -0.05) is 12.8 Å². The Morgan fingerprint density at radius 3 is 2.63 bits per heavy atom. The van der Waals surface area contributed by atoms with E-state index in [0.717, 1.165) is 25.7 Å². The zero-order chi connectivity index (χ0) is 14.1. The minimum Gasteiger partial charge on any atom is -0.481 e. The molecule has 1 aliphatic rings. The number of amides is 1. The van der Waals surface area contributed by atoms with Crippen molar-refractivity contribution in [3.05, 3.63) is 11.8 Å². The highest BCUT2D eigenvalue weighted by Gasteiger charge is 2.18. The fraction of sp³-hybridized carbons (Fsp3) is 0.615. The van der Waals surface area contributed by atoms with Gasteiger partial charge in [-0.25, -0.2) is 0 Å². The number of carbonyl (C=O) groups excluding carboxylic acids is 1. The number of carboxylic acids is 1. The quantitative estimate of drug-likeness (QED) is 0.361. The topological polar surface area (TPSA) is 102 Å². The molecule has 0 spiro atoms. The number of rotatable bonds is 7. The summed E-state index contributed by atoms with van der Waals surface area (Å²) in [5, 5.41) is 23.0. The molecule has 0 bridgehead atoms. The lowest BCUT2D eigenvalue weighted by Crippen LogP contribution is -2.33. The summed E-state index contributed by atoms with van der Waals surface area (Å²) in [6.45, 7) is 0.425. The maximum Gasteiger partial charge on any atom is 0.303 e. The van der Waals surface area contributed by atoms with Crippen LogP contribution in [0.25, 0.3) is 0 Å². The number of carbonyl (C=O) groups is 2. The van der Waals surface area contributed by atoms with Crippen molar-refractivity contribution in [2.75, 3.05) is 6.54 Å². The Balaban J connectivity index is 2.32. The van der Waals surface area contributed by atoms with Crippen LogP contribution < -0.4 is 10.6 Å². The smallest absolute Gasteiger partial charge is 0.303 e. The molecular formula is C13H19N3O3. The van der Waals surface area contributed by atoms with E-state index in [4.69, 9.17) is 10.4 Å². The third kappa shape index (κ3) is 5.91. The Bertz CT molecular complexity index is 392. The Morgan fingerprint density at radius 2 is 2.05 bits per heavy atom. The van der Waals surface area contributed by atoms with Gasteiger partial charge in [0.2, 0.25) is 0 Å². The molecule has 0 saturated heterocycles. The summed E-state index contributed by atoms with van der Waals surface area (Å²) in [6, 6.07) is 2.02. The van der Waals surface area contributed by atoms with E-state index in [1.54, 1.807) is 0 Å². The number of nitriles is 1. The number of carboxylic acid groups (broad SMARTS) is 1. The Kier molecular flexibility index (Phi) is 6.44. The van der Waals surface area contributed by atoms with Gasteiger partial charge >= 0.3 is 5.97 Å². The highest BCUT2D eigenvalue weighted by atomic mass is 16.4. The average molecular weight is 265 g/mol. The van der Waals surface area contributed by atoms with Gasteiger partial charge in [0.1, 0.15) is 11.6 Å². The summed E-state index contributed by atoms with van der Waals surface area (Å²) in [6.07, 6.45) is 6.04. The van der Waals surface area contributed by atoms with Crippen LogP contribution in [0.15, 0.2) is 11.8 Å². The summed E-state index contributed by atoms with van der Waals surface area (Å²) in [4.78, 5) is 22.1. The SMILES string of the molecule is N#C/C(=C/NCCCC(=O)O)C(=O)NC1CCCC1. The maximum atomic E-state index is 11.8. The van der Waals surface area contributed by atoms with E-state index in [1.807, 2.05) is 6.07 Å². The Morgan fingerprint density at radius 1 is 1.37 bits per heavy atom. The summed E-state index contributed by atoms with van der Waals surface area (Å²) in [7, 11) is 0. The molecule has 0 unspecified atom stereocenters. The predicted molar refractivity (Wildman–Crippen MR) is 69.0 cm³/mol. The highest BCUT2D eigenvalue weighted by Crippen LogP contribution is 2.17. The van der Waals surface area contributed by atoms with E-state index in [1.165, 1.54) is 6.20 Å². The van der Waals surface area contributed by atoms with E-state index in [9.17, 15) is 9.59 Å². The zero-order valence-electron chi connectivity index (χ0n) is 10.8. The van der Waals surface area contributed by atoms with Gasteiger partial charge in [0, 0.05) is 25.2 Å². The molecule has 0 heterocycles. The van der Waals surface area contributed by atoms with Crippen molar-refractivity contribution in [3.63, 3.8) is 0 Å². The molecule has 1 aliphatic carbocycles. The molecule has 0 aromatic heterocycles. The van der Waals surface area contributed by atoms with Gasteiger partial charge in [0.15, 0.2) is 0 Å². The Hall–Kier alpha value is -2.03. The molecule has 19 heavy (non-hydrogen) atoms. The lowest BCUT2D eigenvalue weighted by atomic mass is 10.2. The lowest BCUT2D eigenvalue weighted by molar-refractivity contribution is -0.137. The van der Waals surface area contributed by atoms with E-state index >= 15 is 0 Å². The zero-order valence-corrected chi connectivity index (χ0v) is 10.8. The van der Waals surface area contributed by atoms with Crippen LogP contribution >= 0.6 is 0 Å². The van der Waals surface area contributed by atoms with Gasteiger partial charge in [-0.2, -0.15) is 5.26 Å². The number of nitrogens with one attached hydrogen (secondary N) is 2. The summed E-state index contributed by atoms with van der Waals surface area (Å²) < 4.78 is 0. The normalized spacial score (nSPS) is 15.8. The number of nitrogens with zero attached hydrogens (tertiary/aromatic N) is 1. The molecule has 1 saturated carbocycles. The highest BCUT2D eigenvalue weighted by molar-refractivity contribution is 5.97. The molecule has 0 aliphatic heterocycles. The fourth-order valence-corrected chi connectivity index (χ4v) is 2.00.